The molecule has 4 nitrogen and oxygen atoms in total. The molecule has 4 heteroatoms. The number of rotatable bonds is 4. The van der Waals surface area contributed by atoms with Gasteiger partial charge in [-0.05, 0) is 31.7 Å². The summed E-state index contributed by atoms with van der Waals surface area (Å²) in [5, 5.41) is 9.49. The van der Waals surface area contributed by atoms with Crippen LogP contribution in [0.25, 0.3) is 0 Å². The number of hydrogen-bond donors (Lipinski definition) is 0. The van der Waals surface area contributed by atoms with Gasteiger partial charge in [-0.25, -0.2) is 4.79 Å². The summed E-state index contributed by atoms with van der Waals surface area (Å²) in [5.74, 6) is -0.466. The van der Waals surface area contributed by atoms with Crippen molar-refractivity contribution in [3.63, 3.8) is 0 Å². The molecular formula is C18H24N2O2. The van der Waals surface area contributed by atoms with Gasteiger partial charge in [-0.1, -0.05) is 39.0 Å². The van der Waals surface area contributed by atoms with Crippen LogP contribution in [-0.4, -0.2) is 24.3 Å². The van der Waals surface area contributed by atoms with E-state index in [0.717, 1.165) is 6.42 Å². The van der Waals surface area contributed by atoms with Crippen LogP contribution in [0.15, 0.2) is 29.3 Å². The number of aliphatic imine (C=N–C) groups is 1. The fraction of sp³-hybridized carbons (Fsp3) is 0.500. The van der Waals surface area contributed by atoms with Crippen molar-refractivity contribution in [2.24, 2.45) is 10.4 Å². The highest BCUT2D eigenvalue weighted by Gasteiger charge is 2.26. The first kappa shape index (κ1) is 17.9. The largest absolute Gasteiger partial charge is 0.465 e. The quantitative estimate of drug-likeness (QED) is 0.623. The van der Waals surface area contributed by atoms with E-state index in [0.29, 0.717) is 11.1 Å². The maximum absolute atomic E-state index is 11.9. The van der Waals surface area contributed by atoms with E-state index in [-0.39, 0.29) is 11.1 Å². The molecule has 0 radical (unpaired) electrons. The van der Waals surface area contributed by atoms with Crippen molar-refractivity contribution < 1.29 is 9.53 Å². The monoisotopic (exact) mass is 300 g/mol. The maximum atomic E-state index is 11.9. The lowest BCUT2D eigenvalue weighted by Crippen LogP contribution is -2.27. The number of hydrogen-bond acceptors (Lipinski definition) is 4. The lowest BCUT2D eigenvalue weighted by molar-refractivity contribution is 0.0600. The molecular weight excluding hydrogens is 276 g/mol. The lowest BCUT2D eigenvalue weighted by Gasteiger charge is -2.29. The zero-order valence-electron chi connectivity index (χ0n) is 14.2. The first-order chi connectivity index (χ1) is 10.1. The Balaban J connectivity index is 3.31. The molecule has 1 aromatic rings. The standard InChI is InChI=1S/C18H24N2O2/c1-17(2,3)12-18(4,5)20-15(11-19)13-9-7-8-10-14(13)16(21)22-6/h7-10H,12H2,1-6H3. The second-order valence-corrected chi connectivity index (χ2v) is 7.16. The van der Waals surface area contributed by atoms with Crippen LogP contribution in [-0.2, 0) is 4.74 Å². The first-order valence-electron chi connectivity index (χ1n) is 7.27. The number of nitrogens with zero attached hydrogens (tertiary/aromatic N) is 2. The zero-order valence-corrected chi connectivity index (χ0v) is 14.2. The molecule has 0 saturated carbocycles. The maximum Gasteiger partial charge on any atom is 0.338 e. The van der Waals surface area contributed by atoms with Crippen molar-refractivity contribution in [3.05, 3.63) is 35.4 Å². The number of esters is 1. The van der Waals surface area contributed by atoms with Gasteiger partial charge in [0, 0.05) is 5.56 Å². The van der Waals surface area contributed by atoms with E-state index < -0.39 is 11.5 Å². The molecule has 0 aliphatic heterocycles. The molecule has 0 heterocycles. The second-order valence-electron chi connectivity index (χ2n) is 7.16. The van der Waals surface area contributed by atoms with Crippen molar-refractivity contribution >= 4 is 11.7 Å². The minimum Gasteiger partial charge on any atom is -0.465 e. The van der Waals surface area contributed by atoms with Crippen molar-refractivity contribution in [3.8, 4) is 6.07 Å². The van der Waals surface area contributed by atoms with E-state index in [4.69, 9.17) is 4.74 Å². The van der Waals surface area contributed by atoms with Crippen LogP contribution in [0.4, 0.5) is 0 Å². The summed E-state index contributed by atoms with van der Waals surface area (Å²) in [6, 6.07) is 9.01. The van der Waals surface area contributed by atoms with E-state index in [9.17, 15) is 10.1 Å². The van der Waals surface area contributed by atoms with Gasteiger partial charge in [0.05, 0.1) is 18.2 Å². The van der Waals surface area contributed by atoms with Crippen LogP contribution >= 0.6 is 0 Å². The summed E-state index contributed by atoms with van der Waals surface area (Å²) in [5.41, 5.74) is 0.827. The van der Waals surface area contributed by atoms with Crippen molar-refractivity contribution in [1.82, 2.24) is 0 Å². The predicted molar refractivity (Wildman–Crippen MR) is 88.1 cm³/mol. The Hall–Kier alpha value is -2.15. The summed E-state index contributed by atoms with van der Waals surface area (Å²) in [6.45, 7) is 10.4. The molecule has 0 amide bonds. The SMILES string of the molecule is COC(=O)c1ccccc1C(C#N)=NC(C)(C)CC(C)(C)C. The fourth-order valence-corrected chi connectivity index (χ4v) is 2.76. The molecule has 1 rings (SSSR count). The van der Waals surface area contributed by atoms with Crippen LogP contribution in [0.2, 0.25) is 0 Å². The minimum atomic E-state index is -0.466. The highest BCUT2D eigenvalue weighted by molar-refractivity contribution is 6.16. The molecule has 0 unspecified atom stereocenters. The van der Waals surface area contributed by atoms with Crippen LogP contribution in [0.5, 0.6) is 0 Å². The highest BCUT2D eigenvalue weighted by Crippen LogP contribution is 2.30. The van der Waals surface area contributed by atoms with Gasteiger partial charge in [0.2, 0.25) is 0 Å². The Morgan fingerprint density at radius 2 is 1.73 bits per heavy atom. The topological polar surface area (TPSA) is 62.5 Å². The number of ether oxygens (including phenoxy) is 1. The molecule has 0 bridgehead atoms. The van der Waals surface area contributed by atoms with Crippen molar-refractivity contribution in [2.45, 2.75) is 46.6 Å². The van der Waals surface area contributed by atoms with E-state index in [2.05, 4.69) is 31.8 Å². The fourth-order valence-electron chi connectivity index (χ4n) is 2.76. The second kappa shape index (κ2) is 6.74. The summed E-state index contributed by atoms with van der Waals surface area (Å²) < 4.78 is 4.78. The van der Waals surface area contributed by atoms with Gasteiger partial charge in [-0.2, -0.15) is 5.26 Å². The van der Waals surface area contributed by atoms with E-state index in [1.54, 1.807) is 24.3 Å². The van der Waals surface area contributed by atoms with Crippen LogP contribution in [0.3, 0.4) is 0 Å². The number of benzene rings is 1. The van der Waals surface area contributed by atoms with E-state index in [1.165, 1.54) is 7.11 Å². The lowest BCUT2D eigenvalue weighted by atomic mass is 9.82. The average Bonchev–Trinajstić information content (AvgIpc) is 2.41. The molecule has 0 spiro atoms. The van der Waals surface area contributed by atoms with Gasteiger partial charge in [0.25, 0.3) is 0 Å². The minimum absolute atomic E-state index is 0.0927. The molecule has 0 atom stereocenters. The first-order valence-corrected chi connectivity index (χ1v) is 7.27. The van der Waals surface area contributed by atoms with Gasteiger partial charge in [-0.15, -0.1) is 0 Å². The Bertz CT molecular complexity index is 617. The van der Waals surface area contributed by atoms with Gasteiger partial charge in [0.1, 0.15) is 11.8 Å². The third-order valence-corrected chi connectivity index (χ3v) is 3.07. The van der Waals surface area contributed by atoms with Crippen LogP contribution in [0.1, 0.15) is 57.0 Å². The van der Waals surface area contributed by atoms with E-state index >= 15 is 0 Å². The summed E-state index contributed by atoms with van der Waals surface area (Å²) in [4.78, 5) is 16.5. The highest BCUT2D eigenvalue weighted by atomic mass is 16.5. The molecule has 22 heavy (non-hydrogen) atoms. The summed E-state index contributed by atoms with van der Waals surface area (Å²) in [6.07, 6.45) is 0.825. The Kier molecular flexibility index (Phi) is 5.48. The average molecular weight is 300 g/mol. The normalized spacial score (nSPS) is 12.7. The zero-order chi connectivity index (χ0) is 17.0. The summed E-state index contributed by atoms with van der Waals surface area (Å²) >= 11 is 0. The molecule has 118 valence electrons. The number of nitriles is 1. The molecule has 0 fully saturated rings. The number of carbonyl (C=O) groups is 1. The molecule has 0 aliphatic rings. The molecule has 0 saturated heterocycles. The Morgan fingerprint density at radius 3 is 2.18 bits per heavy atom. The van der Waals surface area contributed by atoms with Gasteiger partial charge >= 0.3 is 5.97 Å². The van der Waals surface area contributed by atoms with E-state index in [1.807, 2.05) is 13.8 Å². The smallest absolute Gasteiger partial charge is 0.338 e. The van der Waals surface area contributed by atoms with Crippen molar-refractivity contribution in [2.75, 3.05) is 7.11 Å². The van der Waals surface area contributed by atoms with Gasteiger partial charge < -0.3 is 4.74 Å². The van der Waals surface area contributed by atoms with Gasteiger partial charge in [-0.3, -0.25) is 4.99 Å². The Labute approximate surface area is 132 Å². The molecule has 0 aromatic heterocycles. The Morgan fingerprint density at radius 1 is 1.18 bits per heavy atom. The van der Waals surface area contributed by atoms with Crippen LogP contribution in [0, 0.1) is 16.7 Å². The summed E-state index contributed by atoms with van der Waals surface area (Å²) in [7, 11) is 1.33. The third kappa shape index (κ3) is 5.00. The van der Waals surface area contributed by atoms with Crippen molar-refractivity contribution in [1.29, 1.82) is 5.26 Å². The number of carbonyl (C=O) groups excluding carboxylic acids is 1. The number of methoxy groups -OCH3 is 1. The molecule has 0 aliphatic carbocycles. The predicted octanol–water partition coefficient (Wildman–Crippen LogP) is 4.00. The van der Waals surface area contributed by atoms with Gasteiger partial charge in [0.15, 0.2) is 0 Å². The molecule has 0 N–H and O–H groups in total. The molecule has 1 aromatic carbocycles. The third-order valence-electron chi connectivity index (χ3n) is 3.07. The van der Waals surface area contributed by atoms with Crippen LogP contribution < -0.4 is 0 Å².